The average Bonchev–Trinajstić information content (AvgIpc) is 3.06. The van der Waals surface area contributed by atoms with Crippen molar-refractivity contribution < 1.29 is 0 Å². The second kappa shape index (κ2) is 7.29. The number of H-pyrrole nitrogens is 1. The van der Waals surface area contributed by atoms with Crippen LogP contribution < -0.4 is 4.90 Å². The Morgan fingerprint density at radius 1 is 1.25 bits per heavy atom. The van der Waals surface area contributed by atoms with Gasteiger partial charge in [0, 0.05) is 41.9 Å². The van der Waals surface area contributed by atoms with Crippen molar-refractivity contribution in [3.8, 4) is 11.3 Å². The Kier molecular flexibility index (Phi) is 4.60. The molecule has 3 atom stereocenters. The van der Waals surface area contributed by atoms with Gasteiger partial charge in [0.25, 0.3) is 0 Å². The summed E-state index contributed by atoms with van der Waals surface area (Å²) in [7, 11) is 0. The Labute approximate surface area is 196 Å². The lowest BCUT2D eigenvalue weighted by Gasteiger charge is -2.26. The molecule has 2 unspecified atom stereocenters. The van der Waals surface area contributed by atoms with Gasteiger partial charge >= 0.3 is 0 Å². The lowest BCUT2D eigenvalue weighted by atomic mass is 9.90. The minimum absolute atomic E-state index is 0.267. The van der Waals surface area contributed by atoms with Crippen molar-refractivity contribution in [2.24, 2.45) is 22.2 Å². The summed E-state index contributed by atoms with van der Waals surface area (Å²) in [5, 5.41) is 8.45. The minimum Gasteiger partial charge on any atom is -0.355 e. The molecule has 1 N–H and O–H groups in total. The lowest BCUT2D eigenvalue weighted by Crippen LogP contribution is -2.32. The first-order valence-electron chi connectivity index (χ1n) is 11.2. The smallest absolute Gasteiger partial charge is 0.202 e. The number of anilines is 1. The SMILES string of the molecule is CC[C@]1(C2=NC(C)=CC2)C2CCN(c3cnc4c(-c5cccc(Cl)c5Cl)[nH]nc4n3)CC21. The molecule has 6 rings (SSSR count). The Bertz CT molecular complexity index is 1290. The van der Waals surface area contributed by atoms with E-state index in [9.17, 15) is 0 Å². The quantitative estimate of drug-likeness (QED) is 0.517. The second-order valence-electron chi connectivity index (χ2n) is 9.05. The molecule has 1 aromatic carbocycles. The molecule has 1 saturated carbocycles. The number of fused-ring (bicyclic) bond motifs is 2. The molecule has 3 aliphatic rings. The van der Waals surface area contributed by atoms with Crippen molar-refractivity contribution in [1.82, 2.24) is 20.2 Å². The van der Waals surface area contributed by atoms with E-state index in [4.69, 9.17) is 38.2 Å². The zero-order chi connectivity index (χ0) is 22.0. The van der Waals surface area contributed by atoms with Crippen molar-refractivity contribution in [2.45, 2.75) is 33.1 Å². The van der Waals surface area contributed by atoms with Gasteiger partial charge in [-0.15, -0.1) is 0 Å². The number of hydrogen-bond donors (Lipinski definition) is 1. The molecule has 1 saturated heterocycles. The van der Waals surface area contributed by atoms with Crippen LogP contribution in [0.25, 0.3) is 22.4 Å². The van der Waals surface area contributed by atoms with Crippen LogP contribution >= 0.6 is 23.2 Å². The first-order chi connectivity index (χ1) is 15.5. The standard InChI is InChI=1S/C24H24Cl2N6/c1-3-24(18-8-7-13(2)28-18)15-9-10-32(12-16(15)24)19-11-27-22-21(30-31-23(22)29-19)14-5-4-6-17(25)20(14)26/h4-7,11,15-16H,3,8-10,12H2,1-2H3,(H,29,30,31)/t15?,16?,24-/m0/s1. The third-order valence-electron chi connectivity index (χ3n) is 7.65. The lowest BCUT2D eigenvalue weighted by molar-refractivity contribution is 0.543. The van der Waals surface area contributed by atoms with Crippen LogP contribution in [0.1, 0.15) is 33.1 Å². The van der Waals surface area contributed by atoms with Gasteiger partial charge in [-0.3, -0.25) is 10.1 Å². The maximum absolute atomic E-state index is 6.41. The van der Waals surface area contributed by atoms with E-state index in [0.29, 0.717) is 27.1 Å². The molecule has 0 bridgehead atoms. The maximum atomic E-state index is 6.41. The average molecular weight is 467 g/mol. The van der Waals surface area contributed by atoms with Crippen molar-refractivity contribution in [3.05, 3.63) is 46.2 Å². The van der Waals surface area contributed by atoms with Crippen molar-refractivity contribution in [1.29, 1.82) is 0 Å². The van der Waals surface area contributed by atoms with Crippen LogP contribution in [-0.2, 0) is 0 Å². The Balaban J connectivity index is 1.28. The van der Waals surface area contributed by atoms with Crippen LogP contribution in [0.3, 0.4) is 0 Å². The van der Waals surface area contributed by atoms with Crippen LogP contribution in [-0.4, -0.2) is 39.0 Å². The van der Waals surface area contributed by atoms with Gasteiger partial charge in [-0.1, -0.05) is 48.3 Å². The van der Waals surface area contributed by atoms with Crippen LogP contribution in [0, 0.1) is 17.3 Å². The first kappa shape index (κ1) is 20.2. The molecular weight excluding hydrogens is 443 g/mol. The van der Waals surface area contributed by atoms with Gasteiger partial charge in [-0.2, -0.15) is 5.10 Å². The number of hydrogen-bond acceptors (Lipinski definition) is 5. The van der Waals surface area contributed by atoms with E-state index in [0.717, 1.165) is 48.9 Å². The molecule has 4 heterocycles. The monoisotopic (exact) mass is 466 g/mol. The summed E-state index contributed by atoms with van der Waals surface area (Å²) in [6.07, 6.45) is 7.45. The number of halogens is 2. The number of rotatable bonds is 4. The molecule has 6 nitrogen and oxygen atoms in total. The van der Waals surface area contributed by atoms with E-state index in [1.54, 1.807) is 6.07 Å². The molecule has 1 aliphatic carbocycles. The van der Waals surface area contributed by atoms with Gasteiger partial charge in [-0.05, 0) is 37.7 Å². The number of aromatic amines is 1. The topological polar surface area (TPSA) is 70.1 Å². The van der Waals surface area contributed by atoms with E-state index in [2.05, 4.69) is 35.0 Å². The highest BCUT2D eigenvalue weighted by atomic mass is 35.5. The number of allylic oxidation sites excluding steroid dienone is 2. The van der Waals surface area contributed by atoms with Crippen LogP contribution in [0.15, 0.2) is 41.2 Å². The molecular formula is C24H24Cl2N6. The number of nitrogens with zero attached hydrogens (tertiary/aromatic N) is 5. The van der Waals surface area contributed by atoms with E-state index >= 15 is 0 Å². The molecule has 8 heteroatoms. The van der Waals surface area contributed by atoms with Crippen molar-refractivity contribution in [2.75, 3.05) is 18.0 Å². The van der Waals surface area contributed by atoms with Gasteiger partial charge in [0.2, 0.25) is 5.65 Å². The molecule has 32 heavy (non-hydrogen) atoms. The van der Waals surface area contributed by atoms with Gasteiger partial charge in [-0.25, -0.2) is 9.97 Å². The maximum Gasteiger partial charge on any atom is 0.202 e. The predicted molar refractivity (Wildman–Crippen MR) is 129 cm³/mol. The predicted octanol–water partition coefficient (Wildman–Crippen LogP) is 5.93. The van der Waals surface area contributed by atoms with Gasteiger partial charge in [0.1, 0.15) is 11.3 Å². The second-order valence-corrected chi connectivity index (χ2v) is 9.84. The number of nitrogens with one attached hydrogen (secondary N) is 1. The summed E-state index contributed by atoms with van der Waals surface area (Å²) >= 11 is 12.6. The molecule has 0 radical (unpaired) electrons. The van der Waals surface area contributed by atoms with Crippen LogP contribution in [0.2, 0.25) is 10.0 Å². The van der Waals surface area contributed by atoms with E-state index in [1.807, 2.05) is 18.3 Å². The summed E-state index contributed by atoms with van der Waals surface area (Å²) in [4.78, 5) is 16.8. The highest BCUT2D eigenvalue weighted by Gasteiger charge is 2.66. The molecule has 164 valence electrons. The normalized spacial score (nSPS) is 26.8. The highest BCUT2D eigenvalue weighted by molar-refractivity contribution is 6.43. The van der Waals surface area contributed by atoms with Crippen molar-refractivity contribution >= 4 is 45.9 Å². The third-order valence-corrected chi connectivity index (χ3v) is 8.47. The fourth-order valence-electron chi connectivity index (χ4n) is 6.01. The molecule has 2 aliphatic heterocycles. The summed E-state index contributed by atoms with van der Waals surface area (Å²) in [5.74, 6) is 2.25. The zero-order valence-electron chi connectivity index (χ0n) is 18.1. The molecule has 2 fully saturated rings. The Hall–Kier alpha value is -2.44. The first-order valence-corrected chi connectivity index (χ1v) is 11.9. The third kappa shape index (κ3) is 2.85. The molecule has 0 amide bonds. The van der Waals surface area contributed by atoms with Crippen LogP contribution in [0.4, 0.5) is 5.82 Å². The van der Waals surface area contributed by atoms with Gasteiger partial charge < -0.3 is 4.90 Å². The summed E-state index contributed by atoms with van der Waals surface area (Å²) in [6.45, 7) is 6.40. The number of benzene rings is 1. The largest absolute Gasteiger partial charge is 0.355 e. The van der Waals surface area contributed by atoms with E-state index < -0.39 is 0 Å². The van der Waals surface area contributed by atoms with Crippen molar-refractivity contribution in [3.63, 3.8) is 0 Å². The molecule has 0 spiro atoms. The number of piperidine rings is 1. The minimum atomic E-state index is 0.267. The van der Waals surface area contributed by atoms with E-state index in [-0.39, 0.29) is 5.41 Å². The number of aliphatic imine (C=N–C) groups is 1. The zero-order valence-corrected chi connectivity index (χ0v) is 19.6. The van der Waals surface area contributed by atoms with E-state index in [1.165, 1.54) is 17.8 Å². The van der Waals surface area contributed by atoms with Gasteiger partial charge in [0.05, 0.1) is 21.9 Å². The number of aromatic nitrogens is 4. The summed E-state index contributed by atoms with van der Waals surface area (Å²) in [6, 6.07) is 5.53. The van der Waals surface area contributed by atoms with Gasteiger partial charge in [0.15, 0.2) is 0 Å². The summed E-state index contributed by atoms with van der Waals surface area (Å²) < 4.78 is 0. The fourth-order valence-corrected chi connectivity index (χ4v) is 6.40. The fraction of sp³-hybridized carbons (Fsp3) is 0.417. The summed E-state index contributed by atoms with van der Waals surface area (Å²) in [5.41, 5.74) is 5.63. The molecule has 2 aromatic heterocycles. The Morgan fingerprint density at radius 3 is 2.91 bits per heavy atom. The Morgan fingerprint density at radius 2 is 2.12 bits per heavy atom. The van der Waals surface area contributed by atoms with Crippen LogP contribution in [0.5, 0.6) is 0 Å². The highest BCUT2D eigenvalue weighted by Crippen LogP contribution is 2.66. The molecule has 3 aromatic rings.